The molecule has 2 N–H and O–H groups in total. The average Bonchev–Trinajstić information content (AvgIpc) is 2.29. The molecule has 7 heteroatoms. The van der Waals surface area contributed by atoms with Crippen LogP contribution in [-0.2, 0) is 0 Å². The second kappa shape index (κ2) is 5.13. The van der Waals surface area contributed by atoms with Gasteiger partial charge in [0.05, 0.1) is 12.0 Å². The van der Waals surface area contributed by atoms with Crippen LogP contribution >= 0.6 is 38.5 Å². The maximum absolute atomic E-state index is 13.6. The maximum atomic E-state index is 13.6. The van der Waals surface area contributed by atoms with Crippen molar-refractivity contribution < 1.29 is 4.39 Å². The van der Waals surface area contributed by atoms with E-state index in [1.54, 1.807) is 12.1 Å². The standard InChI is InChI=1S/C10H6BrFIN3O/c11-5-2-1-3-6(12)8(5)16-9-7(13)10(17)15-4-14-9/h1-4H,(H2,14,15,16,17). The SMILES string of the molecule is O=c1[nH]cnc(Nc2c(F)cccc2Br)c1I. The van der Waals surface area contributed by atoms with Gasteiger partial charge in [0.1, 0.15) is 9.39 Å². The number of nitrogens with zero attached hydrogens (tertiary/aromatic N) is 1. The zero-order valence-electron chi connectivity index (χ0n) is 8.30. The highest BCUT2D eigenvalue weighted by molar-refractivity contribution is 14.1. The Bertz CT molecular complexity index is 596. The van der Waals surface area contributed by atoms with E-state index in [4.69, 9.17) is 0 Å². The summed E-state index contributed by atoms with van der Waals surface area (Å²) in [5.74, 6) is -0.0996. The van der Waals surface area contributed by atoms with Crippen molar-refractivity contribution in [2.45, 2.75) is 0 Å². The van der Waals surface area contributed by atoms with Gasteiger partial charge in [-0.1, -0.05) is 6.07 Å². The first-order valence-electron chi connectivity index (χ1n) is 4.54. The Morgan fingerprint density at radius 3 is 2.94 bits per heavy atom. The van der Waals surface area contributed by atoms with Crippen LogP contribution in [0.25, 0.3) is 0 Å². The Hall–Kier alpha value is -0.960. The van der Waals surface area contributed by atoms with E-state index in [-0.39, 0.29) is 11.2 Å². The molecule has 0 unspecified atom stereocenters. The van der Waals surface area contributed by atoms with Gasteiger partial charge >= 0.3 is 0 Å². The summed E-state index contributed by atoms with van der Waals surface area (Å²) >= 11 is 5.08. The smallest absolute Gasteiger partial charge is 0.266 e. The van der Waals surface area contributed by atoms with E-state index >= 15 is 0 Å². The van der Waals surface area contributed by atoms with Gasteiger partial charge in [0.25, 0.3) is 5.56 Å². The molecular weight excluding hydrogens is 404 g/mol. The van der Waals surface area contributed by atoms with Gasteiger partial charge in [0.15, 0.2) is 5.82 Å². The molecule has 1 aromatic heterocycles. The van der Waals surface area contributed by atoms with E-state index in [1.807, 2.05) is 22.6 Å². The van der Waals surface area contributed by atoms with Crippen molar-refractivity contribution >= 4 is 50.0 Å². The zero-order valence-corrected chi connectivity index (χ0v) is 12.0. The normalized spacial score (nSPS) is 10.3. The molecule has 0 saturated heterocycles. The topological polar surface area (TPSA) is 57.8 Å². The number of anilines is 2. The monoisotopic (exact) mass is 409 g/mol. The molecule has 0 amide bonds. The number of halogens is 3. The molecule has 0 spiro atoms. The summed E-state index contributed by atoms with van der Waals surface area (Å²) in [4.78, 5) is 17.7. The van der Waals surface area contributed by atoms with Gasteiger partial charge in [-0.15, -0.1) is 0 Å². The minimum Gasteiger partial charge on any atom is -0.336 e. The van der Waals surface area contributed by atoms with Crippen molar-refractivity contribution in [1.82, 2.24) is 9.97 Å². The van der Waals surface area contributed by atoms with Crippen molar-refractivity contribution in [1.29, 1.82) is 0 Å². The van der Waals surface area contributed by atoms with Crippen LogP contribution in [0.15, 0.2) is 33.8 Å². The first kappa shape index (κ1) is 12.5. The van der Waals surface area contributed by atoms with Crippen LogP contribution in [0.5, 0.6) is 0 Å². The number of nitrogens with one attached hydrogen (secondary N) is 2. The van der Waals surface area contributed by atoms with Crippen molar-refractivity contribution in [3.63, 3.8) is 0 Å². The predicted molar refractivity (Wildman–Crippen MR) is 75.0 cm³/mol. The lowest BCUT2D eigenvalue weighted by atomic mass is 10.3. The Morgan fingerprint density at radius 1 is 1.47 bits per heavy atom. The molecule has 0 aliphatic heterocycles. The van der Waals surface area contributed by atoms with E-state index in [1.165, 1.54) is 12.4 Å². The third-order valence-corrected chi connectivity index (χ3v) is 3.66. The Balaban J connectivity index is 2.45. The van der Waals surface area contributed by atoms with Gasteiger partial charge in [0, 0.05) is 4.47 Å². The molecule has 17 heavy (non-hydrogen) atoms. The molecule has 0 saturated carbocycles. The predicted octanol–water partition coefficient (Wildman–Crippen LogP) is 3.02. The number of aromatic amines is 1. The summed E-state index contributed by atoms with van der Waals surface area (Å²) in [5, 5.41) is 2.79. The zero-order chi connectivity index (χ0) is 12.4. The van der Waals surface area contributed by atoms with Crippen molar-refractivity contribution in [2.75, 3.05) is 5.32 Å². The van der Waals surface area contributed by atoms with Crippen LogP contribution in [0.1, 0.15) is 0 Å². The molecular formula is C10H6BrFIN3O. The Labute approximate surface area is 118 Å². The van der Waals surface area contributed by atoms with Crippen LogP contribution in [0.4, 0.5) is 15.9 Å². The van der Waals surface area contributed by atoms with E-state index < -0.39 is 5.82 Å². The highest BCUT2D eigenvalue weighted by Crippen LogP contribution is 2.28. The first-order valence-corrected chi connectivity index (χ1v) is 6.41. The summed E-state index contributed by atoms with van der Waals surface area (Å²) in [6.07, 6.45) is 1.27. The van der Waals surface area contributed by atoms with Crippen molar-refractivity contribution in [3.8, 4) is 0 Å². The summed E-state index contributed by atoms with van der Waals surface area (Å²) in [7, 11) is 0. The van der Waals surface area contributed by atoms with Gasteiger partial charge in [-0.05, 0) is 50.7 Å². The minimum atomic E-state index is -0.419. The molecule has 0 aliphatic carbocycles. The fourth-order valence-electron chi connectivity index (χ4n) is 1.21. The summed E-state index contributed by atoms with van der Waals surface area (Å²) in [6, 6.07) is 4.61. The lowest BCUT2D eigenvalue weighted by Crippen LogP contribution is -2.13. The van der Waals surface area contributed by atoms with Crippen molar-refractivity contribution in [3.05, 3.63) is 48.7 Å². The minimum absolute atomic E-state index is 0.253. The Morgan fingerprint density at radius 2 is 2.24 bits per heavy atom. The summed E-state index contributed by atoms with van der Waals surface area (Å²) in [5.41, 5.74) is -0.0147. The fourth-order valence-corrected chi connectivity index (χ4v) is 2.08. The third kappa shape index (κ3) is 2.65. The average molecular weight is 410 g/mol. The highest BCUT2D eigenvalue weighted by atomic mass is 127. The number of benzene rings is 1. The second-order valence-corrected chi connectivity index (χ2v) is 5.05. The molecule has 0 fully saturated rings. The summed E-state index contributed by atoms with van der Waals surface area (Å²) in [6.45, 7) is 0. The van der Waals surface area contributed by atoms with Crippen LogP contribution in [0, 0.1) is 9.39 Å². The number of aromatic nitrogens is 2. The van der Waals surface area contributed by atoms with Crippen LogP contribution < -0.4 is 10.9 Å². The molecule has 0 bridgehead atoms. The third-order valence-electron chi connectivity index (χ3n) is 2.00. The Kier molecular flexibility index (Phi) is 3.77. The fraction of sp³-hybridized carbons (Fsp3) is 0. The molecule has 0 radical (unpaired) electrons. The molecule has 1 heterocycles. The highest BCUT2D eigenvalue weighted by Gasteiger charge is 2.10. The molecule has 88 valence electrons. The number of rotatable bonds is 2. The lowest BCUT2D eigenvalue weighted by molar-refractivity contribution is 0.631. The molecule has 0 atom stereocenters. The maximum Gasteiger partial charge on any atom is 0.266 e. The van der Waals surface area contributed by atoms with Gasteiger partial charge in [-0.2, -0.15) is 0 Å². The van der Waals surface area contributed by atoms with Gasteiger partial charge in [-0.3, -0.25) is 4.79 Å². The van der Waals surface area contributed by atoms with Crippen LogP contribution in [0.3, 0.4) is 0 Å². The molecule has 2 aromatic rings. The van der Waals surface area contributed by atoms with Gasteiger partial charge in [0.2, 0.25) is 0 Å². The van der Waals surface area contributed by atoms with E-state index in [0.29, 0.717) is 13.9 Å². The van der Waals surface area contributed by atoms with E-state index in [9.17, 15) is 9.18 Å². The van der Waals surface area contributed by atoms with E-state index in [0.717, 1.165) is 0 Å². The number of hydrogen-bond donors (Lipinski definition) is 2. The van der Waals surface area contributed by atoms with Gasteiger partial charge in [-0.25, -0.2) is 9.37 Å². The quantitative estimate of drug-likeness (QED) is 0.749. The number of hydrogen-bond acceptors (Lipinski definition) is 3. The second-order valence-electron chi connectivity index (χ2n) is 3.12. The largest absolute Gasteiger partial charge is 0.336 e. The van der Waals surface area contributed by atoms with Crippen LogP contribution in [-0.4, -0.2) is 9.97 Å². The molecule has 1 aromatic carbocycles. The molecule has 0 aliphatic rings. The van der Waals surface area contributed by atoms with Crippen molar-refractivity contribution in [2.24, 2.45) is 0 Å². The number of para-hydroxylation sites is 1. The molecule has 2 rings (SSSR count). The van der Waals surface area contributed by atoms with Crippen LogP contribution in [0.2, 0.25) is 0 Å². The molecule has 4 nitrogen and oxygen atoms in total. The number of H-pyrrole nitrogens is 1. The summed E-state index contributed by atoms with van der Waals surface area (Å²) < 4.78 is 14.5. The van der Waals surface area contributed by atoms with Gasteiger partial charge < -0.3 is 10.3 Å². The first-order chi connectivity index (χ1) is 8.09. The lowest BCUT2D eigenvalue weighted by Gasteiger charge is -2.09. The van der Waals surface area contributed by atoms with E-state index in [2.05, 4.69) is 31.2 Å².